The van der Waals surface area contributed by atoms with Gasteiger partial charge in [0, 0.05) is 11.9 Å². The molecule has 0 radical (unpaired) electrons. The number of carbonyl (C=O) groups excluding carboxylic acids is 2. The second-order valence-corrected chi connectivity index (χ2v) is 7.30. The highest BCUT2D eigenvalue weighted by Crippen LogP contribution is 2.29. The van der Waals surface area contributed by atoms with Gasteiger partial charge in [-0.1, -0.05) is 42.5 Å². The standard InChI is InChI=1S/C23H23N3O4/c1-2-26-22(28)18-12-6-5-11-17(18)21(25-26)23(29)30-14-20(27)24-19-13-7-9-15-8-3-4-10-16(15)19/h3-6,8,10-12,19H,2,7,9,13-14H2,1H3,(H,24,27). The fourth-order valence-corrected chi connectivity index (χ4v) is 3.94. The third kappa shape index (κ3) is 3.83. The summed E-state index contributed by atoms with van der Waals surface area (Å²) in [5.74, 6) is -1.09. The van der Waals surface area contributed by atoms with Crippen molar-refractivity contribution < 1.29 is 14.3 Å². The van der Waals surface area contributed by atoms with Crippen LogP contribution in [0.5, 0.6) is 0 Å². The molecule has 0 spiro atoms. The zero-order valence-electron chi connectivity index (χ0n) is 16.8. The van der Waals surface area contributed by atoms with Crippen molar-refractivity contribution in [1.82, 2.24) is 15.1 Å². The van der Waals surface area contributed by atoms with E-state index in [-0.39, 0.29) is 23.2 Å². The summed E-state index contributed by atoms with van der Waals surface area (Å²) in [7, 11) is 0. The third-order valence-corrected chi connectivity index (χ3v) is 5.40. The molecule has 1 aliphatic carbocycles. The van der Waals surface area contributed by atoms with E-state index >= 15 is 0 Å². The van der Waals surface area contributed by atoms with E-state index in [9.17, 15) is 14.4 Å². The zero-order valence-corrected chi connectivity index (χ0v) is 16.8. The van der Waals surface area contributed by atoms with Gasteiger partial charge in [0.2, 0.25) is 0 Å². The largest absolute Gasteiger partial charge is 0.451 e. The normalized spacial score (nSPS) is 15.4. The highest BCUT2D eigenvalue weighted by molar-refractivity contribution is 6.02. The van der Waals surface area contributed by atoms with Gasteiger partial charge in [0.15, 0.2) is 12.3 Å². The number of carbonyl (C=O) groups is 2. The quantitative estimate of drug-likeness (QED) is 0.659. The molecule has 0 saturated carbocycles. The first-order valence-electron chi connectivity index (χ1n) is 10.1. The molecular formula is C23H23N3O4. The van der Waals surface area contributed by atoms with E-state index in [1.807, 2.05) is 18.2 Å². The predicted molar refractivity (Wildman–Crippen MR) is 112 cm³/mol. The van der Waals surface area contributed by atoms with Gasteiger partial charge in [-0.15, -0.1) is 0 Å². The SMILES string of the molecule is CCn1nc(C(=O)OCC(=O)NC2CCCc3ccccc32)c2ccccc2c1=O. The number of esters is 1. The maximum absolute atomic E-state index is 12.7. The van der Waals surface area contributed by atoms with E-state index in [0.29, 0.717) is 17.3 Å². The summed E-state index contributed by atoms with van der Waals surface area (Å²) in [5.41, 5.74) is 2.12. The first kappa shape index (κ1) is 19.8. The fourth-order valence-electron chi connectivity index (χ4n) is 3.94. The molecule has 154 valence electrons. The molecule has 4 rings (SSSR count). The number of amides is 1. The van der Waals surface area contributed by atoms with Crippen LogP contribution in [-0.2, 0) is 22.5 Å². The Morgan fingerprint density at radius 1 is 1.13 bits per heavy atom. The molecule has 1 aromatic heterocycles. The van der Waals surface area contributed by atoms with Crippen LogP contribution in [-0.4, -0.2) is 28.3 Å². The minimum absolute atomic E-state index is 0.0304. The zero-order chi connectivity index (χ0) is 21.1. The van der Waals surface area contributed by atoms with Gasteiger partial charge in [0.05, 0.1) is 11.4 Å². The molecule has 1 aliphatic rings. The first-order valence-corrected chi connectivity index (χ1v) is 10.1. The number of rotatable bonds is 5. The predicted octanol–water partition coefficient (Wildman–Crippen LogP) is 2.77. The van der Waals surface area contributed by atoms with Crippen LogP contribution in [0, 0.1) is 0 Å². The molecular weight excluding hydrogens is 382 g/mol. The van der Waals surface area contributed by atoms with Crippen LogP contribution in [0.4, 0.5) is 0 Å². The summed E-state index contributed by atoms with van der Waals surface area (Å²) in [6, 6.07) is 14.7. The highest BCUT2D eigenvalue weighted by Gasteiger charge is 2.23. The van der Waals surface area contributed by atoms with Gasteiger partial charge in [-0.25, -0.2) is 9.48 Å². The van der Waals surface area contributed by atoms with E-state index < -0.39 is 12.6 Å². The Balaban J connectivity index is 1.47. The Kier molecular flexibility index (Phi) is 5.61. The molecule has 1 N–H and O–H groups in total. The van der Waals surface area contributed by atoms with E-state index in [4.69, 9.17) is 4.74 Å². The molecule has 1 unspecified atom stereocenters. The monoisotopic (exact) mass is 405 g/mol. The van der Waals surface area contributed by atoms with Gasteiger partial charge in [0.25, 0.3) is 11.5 Å². The lowest BCUT2D eigenvalue weighted by atomic mass is 9.88. The molecule has 2 aromatic carbocycles. The molecule has 0 aliphatic heterocycles. The summed E-state index contributed by atoms with van der Waals surface area (Å²) in [4.78, 5) is 37.5. The molecule has 1 atom stereocenters. The number of nitrogens with one attached hydrogen (secondary N) is 1. The number of fused-ring (bicyclic) bond motifs is 2. The average molecular weight is 405 g/mol. The maximum atomic E-state index is 12.7. The molecule has 7 nitrogen and oxygen atoms in total. The number of nitrogens with zero attached hydrogens (tertiary/aromatic N) is 2. The highest BCUT2D eigenvalue weighted by atomic mass is 16.5. The molecule has 0 saturated heterocycles. The van der Waals surface area contributed by atoms with Crippen molar-refractivity contribution in [2.24, 2.45) is 0 Å². The Morgan fingerprint density at radius 3 is 2.67 bits per heavy atom. The van der Waals surface area contributed by atoms with Crippen LogP contribution in [0.2, 0.25) is 0 Å². The smallest absolute Gasteiger partial charge is 0.359 e. The number of aromatic nitrogens is 2. The summed E-state index contributed by atoms with van der Waals surface area (Å²) in [6.45, 7) is 1.69. The van der Waals surface area contributed by atoms with Crippen molar-refractivity contribution in [2.45, 2.75) is 38.8 Å². The van der Waals surface area contributed by atoms with Crippen molar-refractivity contribution in [3.8, 4) is 0 Å². The molecule has 7 heteroatoms. The first-order chi connectivity index (χ1) is 14.6. The molecule has 0 bridgehead atoms. The van der Waals surface area contributed by atoms with Crippen molar-refractivity contribution in [1.29, 1.82) is 0 Å². The van der Waals surface area contributed by atoms with Crippen molar-refractivity contribution in [3.63, 3.8) is 0 Å². The number of ether oxygens (including phenoxy) is 1. The second-order valence-electron chi connectivity index (χ2n) is 7.30. The maximum Gasteiger partial charge on any atom is 0.359 e. The molecule has 1 heterocycles. The van der Waals surface area contributed by atoms with Gasteiger partial charge in [-0.05, 0) is 43.4 Å². The Hall–Kier alpha value is -3.48. The van der Waals surface area contributed by atoms with Crippen molar-refractivity contribution in [2.75, 3.05) is 6.61 Å². The second kappa shape index (κ2) is 8.49. The van der Waals surface area contributed by atoms with Crippen LogP contribution >= 0.6 is 0 Å². The number of hydrogen-bond donors (Lipinski definition) is 1. The van der Waals surface area contributed by atoms with Gasteiger partial charge >= 0.3 is 5.97 Å². The van der Waals surface area contributed by atoms with E-state index in [1.54, 1.807) is 31.2 Å². The Morgan fingerprint density at radius 2 is 1.87 bits per heavy atom. The van der Waals surface area contributed by atoms with E-state index in [1.165, 1.54) is 10.2 Å². The number of hydrogen-bond acceptors (Lipinski definition) is 5. The van der Waals surface area contributed by atoms with E-state index in [0.717, 1.165) is 24.8 Å². The van der Waals surface area contributed by atoms with Gasteiger partial charge in [0.1, 0.15) is 0 Å². The lowest BCUT2D eigenvalue weighted by molar-refractivity contribution is -0.125. The Bertz CT molecular complexity index is 1170. The average Bonchev–Trinajstić information content (AvgIpc) is 2.78. The van der Waals surface area contributed by atoms with Crippen molar-refractivity contribution >= 4 is 22.6 Å². The molecule has 3 aromatic rings. The summed E-state index contributed by atoms with van der Waals surface area (Å²) in [5, 5.41) is 7.91. The number of benzene rings is 2. The molecule has 30 heavy (non-hydrogen) atoms. The van der Waals surface area contributed by atoms with Gasteiger partial charge < -0.3 is 10.1 Å². The fraction of sp³-hybridized carbons (Fsp3) is 0.304. The van der Waals surface area contributed by atoms with E-state index in [2.05, 4.69) is 16.5 Å². The lowest BCUT2D eigenvalue weighted by Gasteiger charge is -2.26. The Labute approximate surface area is 173 Å². The third-order valence-electron chi connectivity index (χ3n) is 5.40. The molecule has 1 amide bonds. The van der Waals surface area contributed by atoms with Crippen molar-refractivity contribution in [3.05, 3.63) is 75.7 Å². The van der Waals surface area contributed by atoms with Crippen LogP contribution in [0.15, 0.2) is 53.3 Å². The summed E-state index contributed by atoms with van der Waals surface area (Å²) >= 11 is 0. The van der Waals surface area contributed by atoms with Crippen LogP contribution in [0.25, 0.3) is 10.8 Å². The van der Waals surface area contributed by atoms with Gasteiger partial charge in [-0.3, -0.25) is 9.59 Å². The number of aryl methyl sites for hydroxylation is 2. The molecule has 0 fully saturated rings. The van der Waals surface area contributed by atoms with Gasteiger partial charge in [-0.2, -0.15) is 5.10 Å². The van der Waals surface area contributed by atoms with Crippen LogP contribution in [0.3, 0.4) is 0 Å². The lowest BCUT2D eigenvalue weighted by Crippen LogP contribution is -2.34. The minimum atomic E-state index is -0.729. The summed E-state index contributed by atoms with van der Waals surface area (Å²) < 4.78 is 6.46. The minimum Gasteiger partial charge on any atom is -0.451 e. The van der Waals surface area contributed by atoms with Crippen LogP contribution < -0.4 is 10.9 Å². The topological polar surface area (TPSA) is 90.3 Å². The summed E-state index contributed by atoms with van der Waals surface area (Å²) in [6.07, 6.45) is 2.85. The van der Waals surface area contributed by atoms with Crippen LogP contribution in [0.1, 0.15) is 47.4 Å².